The normalized spacial score (nSPS) is 11.9. The molecule has 0 aliphatic heterocycles. The second-order valence-corrected chi connectivity index (χ2v) is 7.96. The van der Waals surface area contributed by atoms with Crippen LogP contribution in [0.2, 0.25) is 0 Å². The van der Waals surface area contributed by atoms with Gasteiger partial charge in [0.05, 0.1) is 5.56 Å². The molecule has 6 nitrogen and oxygen atoms in total. The van der Waals surface area contributed by atoms with Crippen LogP contribution < -0.4 is 10.6 Å². The number of pyridine rings is 1. The van der Waals surface area contributed by atoms with Crippen LogP contribution in [-0.4, -0.2) is 27.8 Å². The fraction of sp³-hybridized carbons (Fsp3) is 0.0741. The minimum absolute atomic E-state index is 0.112. The number of amides is 2. The largest absolute Gasteiger partial charge is 0.361 e. The summed E-state index contributed by atoms with van der Waals surface area (Å²) in [5.41, 5.74) is 2.23. The van der Waals surface area contributed by atoms with Gasteiger partial charge >= 0.3 is 0 Å². The highest BCUT2D eigenvalue weighted by Gasteiger charge is 2.25. The number of halogens is 1. The van der Waals surface area contributed by atoms with E-state index in [1.54, 1.807) is 48.8 Å². The summed E-state index contributed by atoms with van der Waals surface area (Å²) in [5.74, 6) is -1.68. The molecule has 0 aliphatic carbocycles. The molecule has 5 rings (SSSR count). The van der Waals surface area contributed by atoms with Crippen LogP contribution in [0.25, 0.3) is 21.7 Å². The first-order valence-electron chi connectivity index (χ1n) is 10.8. The lowest BCUT2D eigenvalue weighted by Gasteiger charge is -2.19. The van der Waals surface area contributed by atoms with Crippen LogP contribution in [0, 0.1) is 5.82 Å². The summed E-state index contributed by atoms with van der Waals surface area (Å²) in [6, 6.07) is 20.2. The van der Waals surface area contributed by atoms with Crippen LogP contribution in [0.1, 0.15) is 15.9 Å². The summed E-state index contributed by atoms with van der Waals surface area (Å²) in [4.78, 5) is 33.4. The number of hydrogen-bond donors (Lipinski definition) is 3. The maximum Gasteiger partial charge on any atom is 0.254 e. The SMILES string of the molecule is O=C(NC(Cc1c[nH]c2ccccc12)C(=O)Nc1ccncc1)c1ccc2ccccc2c1F. The van der Waals surface area contributed by atoms with Crippen molar-refractivity contribution in [3.8, 4) is 0 Å². The minimum Gasteiger partial charge on any atom is -0.361 e. The monoisotopic (exact) mass is 452 g/mol. The lowest BCUT2D eigenvalue weighted by molar-refractivity contribution is -0.118. The zero-order chi connectivity index (χ0) is 23.5. The van der Waals surface area contributed by atoms with E-state index in [4.69, 9.17) is 0 Å². The van der Waals surface area contributed by atoms with Gasteiger partial charge in [-0.25, -0.2) is 4.39 Å². The number of rotatable bonds is 6. The van der Waals surface area contributed by atoms with Crippen molar-refractivity contribution in [3.05, 3.63) is 108 Å². The van der Waals surface area contributed by atoms with E-state index in [-0.39, 0.29) is 12.0 Å². The highest BCUT2D eigenvalue weighted by molar-refractivity contribution is 6.03. The van der Waals surface area contributed by atoms with E-state index < -0.39 is 23.7 Å². The number of hydrogen-bond acceptors (Lipinski definition) is 3. The molecule has 1 atom stereocenters. The predicted octanol–water partition coefficient (Wildman–Crippen LogP) is 4.84. The number of aromatic nitrogens is 2. The quantitative estimate of drug-likeness (QED) is 0.345. The molecule has 3 N–H and O–H groups in total. The van der Waals surface area contributed by atoms with Crippen LogP contribution in [0.4, 0.5) is 10.1 Å². The number of benzene rings is 3. The number of H-pyrrole nitrogens is 1. The van der Waals surface area contributed by atoms with Gasteiger partial charge in [-0.05, 0) is 35.2 Å². The molecule has 0 radical (unpaired) electrons. The summed E-state index contributed by atoms with van der Waals surface area (Å²) in [7, 11) is 0. The van der Waals surface area contributed by atoms with Crippen molar-refractivity contribution in [2.75, 3.05) is 5.32 Å². The summed E-state index contributed by atoms with van der Waals surface area (Å²) >= 11 is 0. The molecule has 0 bridgehead atoms. The number of carbonyl (C=O) groups excluding carboxylic acids is 2. The smallest absolute Gasteiger partial charge is 0.254 e. The highest BCUT2D eigenvalue weighted by Crippen LogP contribution is 2.22. The topological polar surface area (TPSA) is 86.9 Å². The van der Waals surface area contributed by atoms with Gasteiger partial charge in [0.25, 0.3) is 5.91 Å². The van der Waals surface area contributed by atoms with Crippen molar-refractivity contribution < 1.29 is 14.0 Å². The molecule has 34 heavy (non-hydrogen) atoms. The molecule has 2 heterocycles. The fourth-order valence-corrected chi connectivity index (χ4v) is 4.04. The van der Waals surface area contributed by atoms with E-state index in [0.717, 1.165) is 16.5 Å². The summed E-state index contributed by atoms with van der Waals surface area (Å²) in [6.07, 6.45) is 5.17. The van der Waals surface area contributed by atoms with Gasteiger partial charge in [0, 0.05) is 47.0 Å². The maximum absolute atomic E-state index is 15.1. The summed E-state index contributed by atoms with van der Waals surface area (Å²) in [6.45, 7) is 0. The molecular weight excluding hydrogens is 431 g/mol. The van der Waals surface area contributed by atoms with E-state index in [1.807, 2.05) is 36.5 Å². The third-order valence-corrected chi connectivity index (χ3v) is 5.78. The first kappa shape index (κ1) is 21.3. The number of anilines is 1. The van der Waals surface area contributed by atoms with Crippen LogP contribution in [-0.2, 0) is 11.2 Å². The van der Waals surface area contributed by atoms with E-state index in [1.165, 1.54) is 6.07 Å². The van der Waals surface area contributed by atoms with E-state index in [9.17, 15) is 9.59 Å². The highest BCUT2D eigenvalue weighted by atomic mass is 19.1. The molecule has 0 saturated heterocycles. The van der Waals surface area contributed by atoms with Crippen LogP contribution in [0.15, 0.2) is 91.4 Å². The minimum atomic E-state index is -0.939. The van der Waals surface area contributed by atoms with Crippen LogP contribution in [0.3, 0.4) is 0 Å². The number of aromatic amines is 1. The number of para-hydroxylation sites is 1. The molecule has 3 aromatic carbocycles. The average molecular weight is 452 g/mol. The number of carbonyl (C=O) groups is 2. The lowest BCUT2D eigenvalue weighted by Crippen LogP contribution is -2.45. The van der Waals surface area contributed by atoms with Crippen molar-refractivity contribution >= 4 is 39.2 Å². The number of nitrogens with one attached hydrogen (secondary N) is 3. The van der Waals surface area contributed by atoms with Crippen molar-refractivity contribution in [1.29, 1.82) is 0 Å². The third kappa shape index (κ3) is 4.23. The Morgan fingerprint density at radius 1 is 0.912 bits per heavy atom. The average Bonchev–Trinajstić information content (AvgIpc) is 3.27. The van der Waals surface area contributed by atoms with Crippen molar-refractivity contribution in [2.45, 2.75) is 12.5 Å². The van der Waals surface area contributed by atoms with Crippen LogP contribution in [0.5, 0.6) is 0 Å². The van der Waals surface area contributed by atoms with Gasteiger partial charge in [0.1, 0.15) is 11.9 Å². The molecule has 1 unspecified atom stereocenters. The Bertz CT molecular complexity index is 1500. The molecule has 2 amide bonds. The Kier molecular flexibility index (Phi) is 5.74. The van der Waals surface area contributed by atoms with Crippen molar-refractivity contribution in [1.82, 2.24) is 15.3 Å². The molecular formula is C27H21FN4O2. The molecule has 2 aromatic heterocycles. The summed E-state index contributed by atoms with van der Waals surface area (Å²) in [5, 5.41) is 7.55. The van der Waals surface area contributed by atoms with Gasteiger partial charge in [-0.1, -0.05) is 48.5 Å². The molecule has 0 saturated carbocycles. The number of fused-ring (bicyclic) bond motifs is 2. The van der Waals surface area contributed by atoms with Crippen molar-refractivity contribution in [3.63, 3.8) is 0 Å². The molecule has 5 aromatic rings. The Morgan fingerprint density at radius 3 is 2.47 bits per heavy atom. The Hall–Kier alpha value is -4.52. The Morgan fingerprint density at radius 2 is 1.65 bits per heavy atom. The fourth-order valence-electron chi connectivity index (χ4n) is 4.04. The van der Waals surface area contributed by atoms with E-state index in [0.29, 0.717) is 16.5 Å². The van der Waals surface area contributed by atoms with E-state index in [2.05, 4.69) is 20.6 Å². The van der Waals surface area contributed by atoms with Gasteiger partial charge in [0.2, 0.25) is 5.91 Å². The Balaban J connectivity index is 1.45. The standard InChI is InChI=1S/C27H21FN4O2/c28-25-21-7-2-1-5-17(21)9-10-22(25)26(33)32-24(27(34)31-19-11-13-29-14-12-19)15-18-16-30-23-8-4-3-6-20(18)23/h1-14,16,24,30H,15H2,(H,32,33)(H,29,31,34). The second-order valence-electron chi connectivity index (χ2n) is 7.96. The zero-order valence-corrected chi connectivity index (χ0v) is 18.1. The van der Waals surface area contributed by atoms with Gasteiger partial charge in [0.15, 0.2) is 0 Å². The predicted molar refractivity (Wildman–Crippen MR) is 130 cm³/mol. The first-order valence-corrected chi connectivity index (χ1v) is 10.8. The molecule has 0 spiro atoms. The zero-order valence-electron chi connectivity index (χ0n) is 18.1. The van der Waals surface area contributed by atoms with Crippen LogP contribution >= 0.6 is 0 Å². The molecule has 0 aliphatic rings. The third-order valence-electron chi connectivity index (χ3n) is 5.78. The second kappa shape index (κ2) is 9.15. The maximum atomic E-state index is 15.1. The van der Waals surface area contributed by atoms with Crippen molar-refractivity contribution in [2.24, 2.45) is 0 Å². The first-order chi connectivity index (χ1) is 16.6. The van der Waals surface area contributed by atoms with E-state index >= 15 is 4.39 Å². The Labute approximate surface area is 194 Å². The van der Waals surface area contributed by atoms with Gasteiger partial charge in [-0.2, -0.15) is 0 Å². The number of nitrogens with zero attached hydrogens (tertiary/aromatic N) is 1. The van der Waals surface area contributed by atoms with Gasteiger partial charge in [-0.15, -0.1) is 0 Å². The van der Waals surface area contributed by atoms with Gasteiger partial charge in [-0.3, -0.25) is 14.6 Å². The molecule has 0 fully saturated rings. The summed E-state index contributed by atoms with van der Waals surface area (Å²) < 4.78 is 15.1. The van der Waals surface area contributed by atoms with Gasteiger partial charge < -0.3 is 15.6 Å². The molecule has 168 valence electrons. The molecule has 7 heteroatoms. The lowest BCUT2D eigenvalue weighted by atomic mass is 10.0.